The third-order valence-electron chi connectivity index (χ3n) is 5.33. The fourth-order valence-electron chi connectivity index (χ4n) is 3.35. The number of sulfonamides is 1. The van der Waals surface area contributed by atoms with E-state index in [1.165, 1.54) is 18.2 Å². The molecule has 3 aromatic carbocycles. The second kappa shape index (κ2) is 9.56. The van der Waals surface area contributed by atoms with Gasteiger partial charge in [-0.2, -0.15) is 0 Å². The van der Waals surface area contributed by atoms with Gasteiger partial charge in [0.1, 0.15) is 0 Å². The molecule has 0 aromatic heterocycles. The summed E-state index contributed by atoms with van der Waals surface area (Å²) in [4.78, 5) is 25.0. The zero-order chi connectivity index (χ0) is 23.4. The smallest absolute Gasteiger partial charge is 0.255 e. The second-order valence-electron chi connectivity index (χ2n) is 8.06. The van der Waals surface area contributed by atoms with E-state index in [1.807, 2.05) is 30.3 Å². The lowest BCUT2D eigenvalue weighted by Crippen LogP contribution is -2.27. The Balaban J connectivity index is 1.47. The number of carbonyl (C=O) groups is 2. The van der Waals surface area contributed by atoms with Crippen molar-refractivity contribution in [2.75, 3.05) is 5.32 Å². The van der Waals surface area contributed by atoms with Crippen molar-refractivity contribution in [1.82, 2.24) is 10.0 Å². The third-order valence-corrected chi connectivity index (χ3v) is 6.87. The summed E-state index contributed by atoms with van der Waals surface area (Å²) in [6.45, 7) is 1.76. The van der Waals surface area contributed by atoms with Crippen molar-refractivity contribution < 1.29 is 18.0 Å². The first-order valence-electron chi connectivity index (χ1n) is 10.7. The zero-order valence-corrected chi connectivity index (χ0v) is 18.9. The van der Waals surface area contributed by atoms with Crippen LogP contribution in [0.3, 0.4) is 0 Å². The fraction of sp³-hybridized carbons (Fsp3) is 0.200. The molecule has 0 spiro atoms. The molecule has 0 heterocycles. The van der Waals surface area contributed by atoms with Crippen LogP contribution >= 0.6 is 0 Å². The Morgan fingerprint density at radius 2 is 1.52 bits per heavy atom. The summed E-state index contributed by atoms with van der Waals surface area (Å²) in [6, 6.07) is 21.5. The maximum atomic E-state index is 12.9. The Kier molecular flexibility index (Phi) is 6.57. The Bertz CT molecular complexity index is 1270. The lowest BCUT2D eigenvalue weighted by Gasteiger charge is -2.15. The van der Waals surface area contributed by atoms with Crippen LogP contribution in [0.1, 0.15) is 52.1 Å². The number of carbonyl (C=O) groups excluding carboxylic acids is 2. The molecule has 3 aromatic rings. The monoisotopic (exact) mass is 463 g/mol. The van der Waals surface area contributed by atoms with Gasteiger partial charge in [0.25, 0.3) is 11.8 Å². The van der Waals surface area contributed by atoms with Gasteiger partial charge in [0, 0.05) is 28.9 Å². The maximum absolute atomic E-state index is 12.9. The van der Waals surface area contributed by atoms with Gasteiger partial charge in [0.05, 0.1) is 4.90 Å². The van der Waals surface area contributed by atoms with E-state index in [-0.39, 0.29) is 22.4 Å². The SMILES string of the molecule is C[C@@H](NS(=O)(=O)c1cccc(C(=O)Nc2cccc(C(=O)NC3CC3)c2)c1)c1ccccc1. The highest BCUT2D eigenvalue weighted by Crippen LogP contribution is 2.21. The highest BCUT2D eigenvalue weighted by atomic mass is 32.2. The summed E-state index contributed by atoms with van der Waals surface area (Å²) < 4.78 is 28.4. The van der Waals surface area contributed by atoms with Crippen LogP contribution in [0.5, 0.6) is 0 Å². The van der Waals surface area contributed by atoms with Crippen LogP contribution in [-0.4, -0.2) is 26.3 Å². The third kappa shape index (κ3) is 5.85. The lowest BCUT2D eigenvalue weighted by molar-refractivity contribution is 0.0949. The van der Waals surface area contributed by atoms with Crippen LogP contribution in [0.15, 0.2) is 83.8 Å². The van der Waals surface area contributed by atoms with Crippen molar-refractivity contribution in [3.8, 4) is 0 Å². The Hall–Kier alpha value is -3.49. The molecule has 1 aliphatic carbocycles. The van der Waals surface area contributed by atoms with E-state index >= 15 is 0 Å². The highest BCUT2D eigenvalue weighted by molar-refractivity contribution is 7.89. The van der Waals surface area contributed by atoms with Crippen molar-refractivity contribution in [1.29, 1.82) is 0 Å². The molecule has 33 heavy (non-hydrogen) atoms. The van der Waals surface area contributed by atoms with E-state index in [4.69, 9.17) is 0 Å². The molecule has 4 rings (SSSR count). The highest BCUT2D eigenvalue weighted by Gasteiger charge is 2.24. The number of hydrogen-bond acceptors (Lipinski definition) is 4. The second-order valence-corrected chi connectivity index (χ2v) is 9.78. The molecule has 0 unspecified atom stereocenters. The van der Waals surface area contributed by atoms with Gasteiger partial charge in [-0.15, -0.1) is 0 Å². The summed E-state index contributed by atoms with van der Waals surface area (Å²) in [5, 5.41) is 5.64. The van der Waals surface area contributed by atoms with E-state index in [0.717, 1.165) is 18.4 Å². The van der Waals surface area contributed by atoms with Gasteiger partial charge < -0.3 is 10.6 Å². The van der Waals surface area contributed by atoms with Gasteiger partial charge >= 0.3 is 0 Å². The molecule has 1 aliphatic rings. The number of anilines is 1. The van der Waals surface area contributed by atoms with E-state index in [1.54, 1.807) is 37.3 Å². The zero-order valence-electron chi connectivity index (χ0n) is 18.1. The first-order valence-corrected chi connectivity index (χ1v) is 12.2. The molecular weight excluding hydrogens is 438 g/mol. The lowest BCUT2D eigenvalue weighted by atomic mass is 10.1. The normalized spacial score (nSPS) is 14.3. The molecule has 3 N–H and O–H groups in total. The van der Waals surface area contributed by atoms with Crippen LogP contribution < -0.4 is 15.4 Å². The van der Waals surface area contributed by atoms with Crippen molar-refractivity contribution in [3.05, 3.63) is 95.6 Å². The Morgan fingerprint density at radius 1 is 0.848 bits per heavy atom. The molecule has 1 saturated carbocycles. The number of benzene rings is 3. The molecule has 0 bridgehead atoms. The quantitative estimate of drug-likeness (QED) is 0.472. The molecule has 1 atom stereocenters. The van der Waals surface area contributed by atoms with Crippen molar-refractivity contribution in [2.24, 2.45) is 0 Å². The molecule has 2 amide bonds. The van der Waals surface area contributed by atoms with Crippen molar-refractivity contribution >= 4 is 27.5 Å². The topological polar surface area (TPSA) is 104 Å². The van der Waals surface area contributed by atoms with Crippen molar-refractivity contribution in [2.45, 2.75) is 36.7 Å². The molecular formula is C25H25N3O4S. The first-order chi connectivity index (χ1) is 15.8. The van der Waals surface area contributed by atoms with E-state index in [2.05, 4.69) is 15.4 Å². The van der Waals surface area contributed by atoms with E-state index in [9.17, 15) is 18.0 Å². The standard InChI is InChI=1S/C25H25N3O4S/c1-17(18-7-3-2-4-8-18)28-33(31,32)23-12-6-10-20(16-23)25(30)27-22-11-5-9-19(15-22)24(29)26-21-13-14-21/h2-12,15-17,21,28H,13-14H2,1H3,(H,26,29)(H,27,30)/t17-/m1/s1. The molecule has 170 valence electrons. The summed E-state index contributed by atoms with van der Waals surface area (Å²) in [7, 11) is -3.84. The van der Waals surface area contributed by atoms with E-state index < -0.39 is 22.0 Å². The summed E-state index contributed by atoms with van der Waals surface area (Å²) in [6.07, 6.45) is 1.97. The molecule has 0 saturated heterocycles. The largest absolute Gasteiger partial charge is 0.349 e. The van der Waals surface area contributed by atoms with Crippen LogP contribution in [0.2, 0.25) is 0 Å². The Morgan fingerprint density at radius 3 is 2.21 bits per heavy atom. The molecule has 1 fully saturated rings. The van der Waals surface area contributed by atoms with Gasteiger partial charge in [-0.3, -0.25) is 9.59 Å². The van der Waals surface area contributed by atoms with Crippen molar-refractivity contribution in [3.63, 3.8) is 0 Å². The minimum absolute atomic E-state index is 0.00417. The molecule has 0 aliphatic heterocycles. The molecule has 0 radical (unpaired) electrons. The number of nitrogens with one attached hydrogen (secondary N) is 3. The summed E-state index contributed by atoms with van der Waals surface area (Å²) >= 11 is 0. The minimum Gasteiger partial charge on any atom is -0.349 e. The van der Waals surface area contributed by atoms with E-state index in [0.29, 0.717) is 11.3 Å². The maximum Gasteiger partial charge on any atom is 0.255 e. The van der Waals surface area contributed by atoms with Gasteiger partial charge in [0.15, 0.2) is 0 Å². The van der Waals surface area contributed by atoms with Gasteiger partial charge in [0.2, 0.25) is 10.0 Å². The van der Waals surface area contributed by atoms with Crippen LogP contribution in [0, 0.1) is 0 Å². The predicted molar refractivity (Wildman–Crippen MR) is 127 cm³/mol. The fourth-order valence-corrected chi connectivity index (χ4v) is 4.63. The van der Waals surface area contributed by atoms with Gasteiger partial charge in [-0.1, -0.05) is 42.5 Å². The average molecular weight is 464 g/mol. The first kappa shape index (κ1) is 22.7. The summed E-state index contributed by atoms with van der Waals surface area (Å²) in [5.41, 5.74) is 1.93. The summed E-state index contributed by atoms with van der Waals surface area (Å²) in [5.74, 6) is -0.650. The molecule has 7 nitrogen and oxygen atoms in total. The molecule has 8 heteroatoms. The van der Waals surface area contributed by atoms with Crippen LogP contribution in [0.25, 0.3) is 0 Å². The van der Waals surface area contributed by atoms with Crippen LogP contribution in [-0.2, 0) is 10.0 Å². The van der Waals surface area contributed by atoms with Gasteiger partial charge in [-0.05, 0) is 61.7 Å². The number of hydrogen-bond donors (Lipinski definition) is 3. The minimum atomic E-state index is -3.84. The number of amides is 2. The Labute approximate surface area is 193 Å². The predicted octanol–water partition coefficient (Wildman–Crippen LogP) is 3.87. The number of rotatable bonds is 8. The van der Waals surface area contributed by atoms with Gasteiger partial charge in [-0.25, -0.2) is 13.1 Å². The van der Waals surface area contributed by atoms with Crippen LogP contribution in [0.4, 0.5) is 5.69 Å². The average Bonchev–Trinajstić information content (AvgIpc) is 3.63.